The average Bonchev–Trinajstić information content (AvgIpc) is 2.55. The molecule has 162 valence electrons. The number of aliphatic hydroxyl groups is 5. The van der Waals surface area contributed by atoms with E-state index in [0.717, 1.165) is 0 Å². The Balaban J connectivity index is 2.81. The van der Waals surface area contributed by atoms with Gasteiger partial charge in [0.05, 0.1) is 18.3 Å². The number of nitrogens with two attached hydrogens (primary N) is 2. The van der Waals surface area contributed by atoms with Gasteiger partial charge in [-0.25, -0.2) is 0 Å². The zero-order valence-corrected chi connectivity index (χ0v) is 16.5. The molecule has 1 fully saturated rings. The molecule has 10 nitrogen and oxygen atoms in total. The van der Waals surface area contributed by atoms with Crippen LogP contribution in [0, 0.1) is 5.92 Å². The fraction of sp³-hybridized carbons (Fsp3) is 1.00. The first-order valence-electron chi connectivity index (χ1n) is 9.41. The number of hydrogen-bond donors (Lipinski definition) is 8. The second-order valence-electron chi connectivity index (χ2n) is 7.83. The summed E-state index contributed by atoms with van der Waals surface area (Å²) in [4.78, 5) is 0. The smallest absolute Gasteiger partial charge is 0.197 e. The molecule has 1 aliphatic carbocycles. The highest BCUT2D eigenvalue weighted by atomic mass is 16.7. The standard InChI is InChI=1S/C17H37N3O7/c1-7(2)6-20-11-5-10(18)15(13(24)12(11)23)27-17(16(19)25)26-14(8(3)21)9(4)22/h7-17,20-25H,5-6,18-19H2,1-4H3/t8-,9+,10?,11?,12?,13-,14?,15?,16+,17?/m1/s1. The first-order chi connectivity index (χ1) is 12.5. The molecule has 1 saturated carbocycles. The summed E-state index contributed by atoms with van der Waals surface area (Å²) in [6, 6.07) is -1.06. The zero-order valence-electron chi connectivity index (χ0n) is 16.5. The largest absolute Gasteiger partial charge is 0.391 e. The SMILES string of the molecule is CC(C)CNC1CC(N)C(OC(OC([C@H](C)O)[C@@H](C)O)[C@@H](N)O)[C@H](O)C1O. The molecule has 0 aromatic heterocycles. The highest BCUT2D eigenvalue weighted by Gasteiger charge is 2.44. The summed E-state index contributed by atoms with van der Waals surface area (Å²) in [5, 5.41) is 53.2. The first kappa shape index (κ1) is 24.6. The van der Waals surface area contributed by atoms with Crippen LogP contribution in [0.3, 0.4) is 0 Å². The third-order valence-corrected chi connectivity index (χ3v) is 4.65. The van der Waals surface area contributed by atoms with Crippen molar-refractivity contribution < 1.29 is 35.0 Å². The molecule has 0 aliphatic heterocycles. The molecule has 0 aromatic rings. The van der Waals surface area contributed by atoms with E-state index in [1.165, 1.54) is 13.8 Å². The maximum absolute atomic E-state index is 10.5. The van der Waals surface area contributed by atoms with E-state index in [4.69, 9.17) is 20.9 Å². The molecule has 0 radical (unpaired) electrons. The van der Waals surface area contributed by atoms with Crippen molar-refractivity contribution in [3.05, 3.63) is 0 Å². The van der Waals surface area contributed by atoms with Gasteiger partial charge in [0.25, 0.3) is 0 Å². The van der Waals surface area contributed by atoms with Crippen molar-refractivity contribution in [1.29, 1.82) is 0 Å². The number of aliphatic hydroxyl groups excluding tert-OH is 5. The predicted octanol–water partition coefficient (Wildman–Crippen LogP) is -2.81. The van der Waals surface area contributed by atoms with E-state index >= 15 is 0 Å². The van der Waals surface area contributed by atoms with Crippen LogP contribution in [-0.2, 0) is 9.47 Å². The van der Waals surface area contributed by atoms with Crippen LogP contribution in [0.5, 0.6) is 0 Å². The van der Waals surface area contributed by atoms with Crippen molar-refractivity contribution in [1.82, 2.24) is 5.32 Å². The predicted molar refractivity (Wildman–Crippen MR) is 98.3 cm³/mol. The van der Waals surface area contributed by atoms with Crippen molar-refractivity contribution >= 4 is 0 Å². The molecule has 0 spiro atoms. The van der Waals surface area contributed by atoms with Gasteiger partial charge >= 0.3 is 0 Å². The van der Waals surface area contributed by atoms with Gasteiger partial charge in [-0.3, -0.25) is 0 Å². The minimum Gasteiger partial charge on any atom is -0.391 e. The molecule has 10 N–H and O–H groups in total. The first-order valence-corrected chi connectivity index (χ1v) is 9.41. The minimum atomic E-state index is -1.61. The zero-order chi connectivity index (χ0) is 20.9. The summed E-state index contributed by atoms with van der Waals surface area (Å²) in [6.45, 7) is 7.52. The van der Waals surface area contributed by atoms with Crippen molar-refractivity contribution in [3.8, 4) is 0 Å². The lowest BCUT2D eigenvalue weighted by molar-refractivity contribution is -0.280. The van der Waals surface area contributed by atoms with Gasteiger partial charge in [-0.2, -0.15) is 0 Å². The van der Waals surface area contributed by atoms with Crippen LogP contribution in [0.25, 0.3) is 0 Å². The molecule has 0 amide bonds. The molecule has 0 saturated heterocycles. The van der Waals surface area contributed by atoms with Crippen molar-refractivity contribution in [2.24, 2.45) is 17.4 Å². The molecule has 0 heterocycles. The summed E-state index contributed by atoms with van der Waals surface area (Å²) < 4.78 is 11.0. The number of nitrogens with one attached hydrogen (secondary N) is 1. The monoisotopic (exact) mass is 395 g/mol. The molecule has 0 bridgehead atoms. The van der Waals surface area contributed by atoms with Crippen LogP contribution in [0.2, 0.25) is 0 Å². The van der Waals surface area contributed by atoms with Crippen LogP contribution in [-0.4, -0.2) is 93.3 Å². The lowest BCUT2D eigenvalue weighted by Crippen LogP contribution is -2.64. The maximum atomic E-state index is 10.5. The average molecular weight is 395 g/mol. The summed E-state index contributed by atoms with van der Waals surface area (Å²) in [5.41, 5.74) is 11.6. The Hall–Kier alpha value is -0.400. The van der Waals surface area contributed by atoms with Gasteiger partial charge in [-0.15, -0.1) is 0 Å². The second-order valence-corrected chi connectivity index (χ2v) is 7.83. The minimum absolute atomic E-state index is 0.333. The Morgan fingerprint density at radius 1 is 1.04 bits per heavy atom. The van der Waals surface area contributed by atoms with E-state index in [0.29, 0.717) is 18.9 Å². The Labute approximate surface area is 160 Å². The molecular weight excluding hydrogens is 358 g/mol. The van der Waals surface area contributed by atoms with E-state index in [1.807, 2.05) is 13.8 Å². The van der Waals surface area contributed by atoms with Gasteiger partial charge in [0, 0.05) is 12.1 Å². The molecular formula is C17H37N3O7. The summed E-state index contributed by atoms with van der Waals surface area (Å²) >= 11 is 0. The van der Waals surface area contributed by atoms with Crippen molar-refractivity contribution in [2.75, 3.05) is 6.54 Å². The summed E-state index contributed by atoms with van der Waals surface area (Å²) in [7, 11) is 0. The summed E-state index contributed by atoms with van der Waals surface area (Å²) in [5.74, 6) is 0.364. The van der Waals surface area contributed by atoms with Gasteiger partial charge in [0.15, 0.2) is 12.5 Å². The fourth-order valence-corrected chi connectivity index (χ4v) is 3.16. The third kappa shape index (κ3) is 7.17. The topological polar surface area (TPSA) is 184 Å². The van der Waals surface area contributed by atoms with E-state index in [-0.39, 0.29) is 0 Å². The maximum Gasteiger partial charge on any atom is 0.197 e. The summed E-state index contributed by atoms with van der Waals surface area (Å²) in [6.07, 6.45) is -9.45. The Morgan fingerprint density at radius 3 is 2.04 bits per heavy atom. The number of ether oxygens (including phenoxy) is 2. The van der Waals surface area contributed by atoms with Crippen LogP contribution >= 0.6 is 0 Å². The van der Waals surface area contributed by atoms with Crippen molar-refractivity contribution in [3.63, 3.8) is 0 Å². The van der Waals surface area contributed by atoms with Crippen molar-refractivity contribution in [2.45, 2.75) is 95.3 Å². The third-order valence-electron chi connectivity index (χ3n) is 4.65. The van der Waals surface area contributed by atoms with Crippen LogP contribution < -0.4 is 16.8 Å². The van der Waals surface area contributed by atoms with E-state index in [2.05, 4.69) is 5.32 Å². The van der Waals surface area contributed by atoms with E-state index in [9.17, 15) is 25.5 Å². The van der Waals surface area contributed by atoms with Crippen LogP contribution in [0.15, 0.2) is 0 Å². The fourth-order valence-electron chi connectivity index (χ4n) is 3.16. The molecule has 10 heteroatoms. The van der Waals surface area contributed by atoms with E-state index in [1.54, 1.807) is 0 Å². The molecule has 0 aromatic carbocycles. The van der Waals surface area contributed by atoms with Crippen LogP contribution in [0.1, 0.15) is 34.1 Å². The molecule has 1 rings (SSSR count). The van der Waals surface area contributed by atoms with Gasteiger partial charge in [-0.1, -0.05) is 13.8 Å². The van der Waals surface area contributed by atoms with Gasteiger partial charge in [0.2, 0.25) is 0 Å². The van der Waals surface area contributed by atoms with Gasteiger partial charge < -0.3 is 51.8 Å². The molecule has 1 aliphatic rings. The number of hydrogen-bond acceptors (Lipinski definition) is 10. The molecule has 27 heavy (non-hydrogen) atoms. The highest BCUT2D eigenvalue weighted by Crippen LogP contribution is 2.25. The van der Waals surface area contributed by atoms with Gasteiger partial charge in [0.1, 0.15) is 18.3 Å². The lowest BCUT2D eigenvalue weighted by Gasteiger charge is -2.43. The number of rotatable bonds is 10. The molecule has 6 unspecified atom stereocenters. The van der Waals surface area contributed by atoms with Gasteiger partial charge in [-0.05, 0) is 32.7 Å². The Kier molecular flexibility index (Phi) is 10.00. The normalized spacial score (nSPS) is 34.9. The Bertz CT molecular complexity index is 417. The lowest BCUT2D eigenvalue weighted by atomic mass is 9.84. The van der Waals surface area contributed by atoms with Crippen LogP contribution in [0.4, 0.5) is 0 Å². The quantitative estimate of drug-likeness (QED) is 0.180. The Morgan fingerprint density at radius 2 is 1.59 bits per heavy atom. The highest BCUT2D eigenvalue weighted by molar-refractivity contribution is 4.99. The second kappa shape index (κ2) is 11.0. The molecule has 10 atom stereocenters. The van der Waals surface area contributed by atoms with E-state index < -0.39 is 61.2 Å².